The average Bonchev–Trinajstić information content (AvgIpc) is 3.44. The lowest BCUT2D eigenvalue weighted by Crippen LogP contribution is -2.21. The molecular weight excluding hydrogens is 751 g/mol. The highest BCUT2D eigenvalue weighted by Crippen LogP contribution is 2.34. The molecule has 0 saturated heterocycles. The topological polar surface area (TPSA) is 108 Å². The molecule has 226 valence electrons. The van der Waals surface area contributed by atoms with Crippen LogP contribution >= 0.6 is 38.5 Å². The minimum absolute atomic E-state index is 0.201. The summed E-state index contributed by atoms with van der Waals surface area (Å²) in [4.78, 5) is 31.0. The van der Waals surface area contributed by atoms with Crippen molar-refractivity contribution in [3.8, 4) is 23.1 Å². The smallest absolute Gasteiger partial charge is 0.282 e. The van der Waals surface area contributed by atoms with Gasteiger partial charge in [0.15, 0.2) is 23.9 Å². The number of aryl methyl sites for hydroxylation is 1. The Hall–Kier alpha value is -4.49. The second-order valence-corrected chi connectivity index (χ2v) is 12.2. The van der Waals surface area contributed by atoms with Crippen molar-refractivity contribution >= 4 is 78.2 Å². The second kappa shape index (κ2) is 13.2. The number of hydrogen-bond donors (Lipinski definition) is 1. The van der Waals surface area contributed by atoms with Crippen LogP contribution in [0.3, 0.4) is 0 Å². The summed E-state index contributed by atoms with van der Waals surface area (Å²) in [6.07, 6.45) is 1.55. The van der Waals surface area contributed by atoms with Crippen molar-refractivity contribution < 1.29 is 18.7 Å². The zero-order valence-electron chi connectivity index (χ0n) is 24.2. The van der Waals surface area contributed by atoms with Crippen LogP contribution in [0, 0.1) is 10.5 Å². The van der Waals surface area contributed by atoms with E-state index in [1.54, 1.807) is 30.5 Å². The third-order valence-corrected chi connectivity index (χ3v) is 8.08. The number of nitrogens with one attached hydrogen (secondary N) is 1. The first-order chi connectivity index (χ1) is 21.8. The number of rotatable bonds is 9. The van der Waals surface area contributed by atoms with Gasteiger partial charge in [0.25, 0.3) is 11.5 Å². The number of amides is 1. The Morgan fingerprint density at radius 2 is 1.87 bits per heavy atom. The number of aromatic nitrogens is 2. The summed E-state index contributed by atoms with van der Waals surface area (Å²) in [6, 6.07) is 25.7. The Labute approximate surface area is 280 Å². The van der Waals surface area contributed by atoms with E-state index in [-0.39, 0.29) is 23.9 Å². The predicted octanol–water partition coefficient (Wildman–Crippen LogP) is 7.78. The number of ether oxygens (including phenoxy) is 2. The predicted molar refractivity (Wildman–Crippen MR) is 188 cm³/mol. The van der Waals surface area contributed by atoms with Crippen LogP contribution < -0.4 is 20.3 Å². The molecule has 4 aromatic carbocycles. The molecule has 0 unspecified atom stereocenters. The van der Waals surface area contributed by atoms with E-state index in [9.17, 15) is 9.59 Å². The number of anilines is 1. The zero-order chi connectivity index (χ0) is 31.5. The molecule has 45 heavy (non-hydrogen) atoms. The fourth-order valence-electron chi connectivity index (χ4n) is 4.68. The first-order valence-electron chi connectivity index (χ1n) is 14.0. The van der Waals surface area contributed by atoms with Gasteiger partial charge in [-0.25, -0.2) is 4.98 Å². The van der Waals surface area contributed by atoms with Crippen molar-refractivity contribution in [3.63, 3.8) is 0 Å². The lowest BCUT2D eigenvalue weighted by Gasteiger charge is -2.15. The summed E-state index contributed by atoms with van der Waals surface area (Å²) in [5.41, 5.74) is 3.29. The minimum Gasteiger partial charge on any atom is -0.490 e. The molecule has 1 amide bonds. The van der Waals surface area contributed by atoms with E-state index in [0.29, 0.717) is 55.2 Å². The van der Waals surface area contributed by atoms with Gasteiger partial charge in [0.05, 0.1) is 27.3 Å². The van der Waals surface area contributed by atoms with Gasteiger partial charge < -0.3 is 19.2 Å². The molecule has 1 N–H and O–H groups in total. The molecule has 0 atom stereocenters. The van der Waals surface area contributed by atoms with Crippen molar-refractivity contribution in [3.05, 3.63) is 114 Å². The van der Waals surface area contributed by atoms with Crippen LogP contribution in [-0.4, -0.2) is 35.0 Å². The molecule has 0 aliphatic heterocycles. The highest BCUT2D eigenvalue weighted by atomic mass is 127. The SMILES string of the molecule is CCOc1cc(C=Nn2c(-c3cc4cc(Br)ccc4o3)nc3ccccc3c2=O)cc(I)c1OCC(=O)Nc1ccc(C)cc1. The van der Waals surface area contributed by atoms with E-state index in [1.165, 1.54) is 4.68 Å². The summed E-state index contributed by atoms with van der Waals surface area (Å²) >= 11 is 5.62. The lowest BCUT2D eigenvalue weighted by molar-refractivity contribution is -0.118. The third-order valence-electron chi connectivity index (χ3n) is 6.79. The van der Waals surface area contributed by atoms with Crippen LogP contribution in [0.1, 0.15) is 18.1 Å². The molecule has 0 fully saturated rings. The largest absolute Gasteiger partial charge is 0.490 e. The van der Waals surface area contributed by atoms with Crippen LogP contribution in [0.5, 0.6) is 11.5 Å². The summed E-state index contributed by atoms with van der Waals surface area (Å²) in [6.45, 7) is 4.02. The Morgan fingerprint density at radius 3 is 2.67 bits per heavy atom. The number of furan rings is 1. The van der Waals surface area contributed by atoms with Crippen molar-refractivity contribution in [2.75, 3.05) is 18.5 Å². The first-order valence-corrected chi connectivity index (χ1v) is 15.9. The highest BCUT2D eigenvalue weighted by molar-refractivity contribution is 14.1. The standard InChI is InChI=1S/C34H26BrIN4O5/c1-3-43-29-15-21(14-26(36)32(29)44-19-31(41)38-24-11-8-20(2)9-12-24)18-37-40-33(39-27-7-5-4-6-25(27)34(40)42)30-17-22-16-23(35)10-13-28(22)45-30/h4-18H,3,19H2,1-2H3,(H,38,41). The number of fused-ring (bicyclic) bond motifs is 2. The maximum absolute atomic E-state index is 13.7. The molecule has 11 heteroatoms. The third kappa shape index (κ3) is 6.79. The van der Waals surface area contributed by atoms with Crippen LogP contribution in [0.2, 0.25) is 0 Å². The number of nitrogens with zero attached hydrogens (tertiary/aromatic N) is 3. The average molecular weight is 777 g/mol. The first kappa shape index (κ1) is 30.5. The Balaban J connectivity index is 1.33. The molecule has 0 saturated carbocycles. The Morgan fingerprint density at radius 1 is 1.07 bits per heavy atom. The quantitative estimate of drug-likeness (QED) is 0.119. The van der Waals surface area contributed by atoms with E-state index >= 15 is 0 Å². The zero-order valence-corrected chi connectivity index (χ0v) is 28.0. The van der Waals surface area contributed by atoms with E-state index in [4.69, 9.17) is 18.9 Å². The number of benzene rings is 4. The van der Waals surface area contributed by atoms with E-state index < -0.39 is 0 Å². The van der Waals surface area contributed by atoms with Crippen LogP contribution in [-0.2, 0) is 4.79 Å². The molecule has 0 spiro atoms. The van der Waals surface area contributed by atoms with E-state index in [0.717, 1.165) is 15.4 Å². The number of hydrogen-bond acceptors (Lipinski definition) is 7. The minimum atomic E-state index is -0.340. The lowest BCUT2D eigenvalue weighted by atomic mass is 10.2. The molecule has 0 radical (unpaired) electrons. The van der Waals surface area contributed by atoms with Crippen LogP contribution in [0.15, 0.2) is 104 Å². The van der Waals surface area contributed by atoms with Gasteiger partial charge in [0.1, 0.15) is 5.58 Å². The fourth-order valence-corrected chi connectivity index (χ4v) is 5.84. The Kier molecular flexibility index (Phi) is 8.99. The molecule has 6 aromatic rings. The van der Waals surface area contributed by atoms with Crippen molar-refractivity contribution in [1.29, 1.82) is 0 Å². The van der Waals surface area contributed by atoms with Gasteiger partial charge in [0, 0.05) is 15.5 Å². The van der Waals surface area contributed by atoms with Gasteiger partial charge in [-0.1, -0.05) is 45.8 Å². The van der Waals surface area contributed by atoms with Crippen LogP contribution in [0.4, 0.5) is 5.69 Å². The number of carbonyl (C=O) groups is 1. The summed E-state index contributed by atoms with van der Waals surface area (Å²) in [7, 11) is 0. The van der Waals surface area contributed by atoms with Crippen molar-refractivity contribution in [2.45, 2.75) is 13.8 Å². The molecule has 6 rings (SSSR count). The molecule has 0 aliphatic rings. The molecule has 2 aromatic heterocycles. The van der Waals surface area contributed by atoms with Gasteiger partial charge in [-0.15, -0.1) is 0 Å². The van der Waals surface area contributed by atoms with Gasteiger partial charge in [-0.2, -0.15) is 9.78 Å². The summed E-state index contributed by atoms with van der Waals surface area (Å²) in [5.74, 6) is 1.26. The van der Waals surface area contributed by atoms with Crippen LogP contribution in [0.25, 0.3) is 33.5 Å². The number of para-hydroxylation sites is 1. The van der Waals surface area contributed by atoms with Crippen molar-refractivity contribution in [2.24, 2.45) is 5.10 Å². The molecule has 2 heterocycles. The van der Waals surface area contributed by atoms with Gasteiger partial charge in [0.2, 0.25) is 5.82 Å². The molecule has 0 aliphatic carbocycles. The maximum atomic E-state index is 13.7. The molecule has 0 bridgehead atoms. The van der Waals surface area contributed by atoms with E-state index in [2.05, 4.69) is 48.9 Å². The highest BCUT2D eigenvalue weighted by Gasteiger charge is 2.18. The van der Waals surface area contributed by atoms with Gasteiger partial charge in [-0.05, 0) is 103 Å². The number of halogens is 2. The number of carbonyl (C=O) groups excluding carboxylic acids is 1. The fraction of sp³-hybridized carbons (Fsp3) is 0.118. The molecule has 9 nitrogen and oxygen atoms in total. The normalized spacial score (nSPS) is 11.4. The Bertz CT molecular complexity index is 2140. The summed E-state index contributed by atoms with van der Waals surface area (Å²) < 4.78 is 20.7. The van der Waals surface area contributed by atoms with Crippen molar-refractivity contribution in [1.82, 2.24) is 9.66 Å². The monoisotopic (exact) mass is 776 g/mol. The molecular formula is C34H26BrIN4O5. The summed E-state index contributed by atoms with van der Waals surface area (Å²) in [5, 5.41) is 8.69. The van der Waals surface area contributed by atoms with Gasteiger partial charge in [-0.3, -0.25) is 9.59 Å². The van der Waals surface area contributed by atoms with E-state index in [1.807, 2.05) is 74.5 Å². The maximum Gasteiger partial charge on any atom is 0.282 e. The second-order valence-electron chi connectivity index (χ2n) is 10.1. The van der Waals surface area contributed by atoms with Gasteiger partial charge >= 0.3 is 0 Å².